The van der Waals surface area contributed by atoms with Gasteiger partial charge in [0.2, 0.25) is 0 Å². The third kappa shape index (κ3) is 2.91. The molecule has 3 rings (SSSR count). The van der Waals surface area contributed by atoms with E-state index in [0.717, 1.165) is 31.7 Å². The zero-order chi connectivity index (χ0) is 13.1. The summed E-state index contributed by atoms with van der Waals surface area (Å²) < 4.78 is 10.9. The number of benzene rings is 1. The van der Waals surface area contributed by atoms with E-state index in [1.807, 2.05) is 12.1 Å². The Morgan fingerprint density at radius 2 is 2.21 bits per heavy atom. The van der Waals surface area contributed by atoms with Gasteiger partial charge in [0.25, 0.3) is 0 Å². The molecule has 2 N–H and O–H groups in total. The molecule has 1 fully saturated rings. The van der Waals surface area contributed by atoms with Crippen molar-refractivity contribution in [2.24, 2.45) is 0 Å². The summed E-state index contributed by atoms with van der Waals surface area (Å²) in [5.41, 5.74) is 0.598. The van der Waals surface area contributed by atoms with Crippen molar-refractivity contribution in [2.45, 2.75) is 24.4 Å². The van der Waals surface area contributed by atoms with Crippen LogP contribution in [0.1, 0.15) is 24.3 Å². The Morgan fingerprint density at radius 1 is 1.32 bits per heavy atom. The maximum atomic E-state index is 10.2. The van der Waals surface area contributed by atoms with Crippen molar-refractivity contribution in [1.82, 2.24) is 5.32 Å². The van der Waals surface area contributed by atoms with E-state index in [1.165, 1.54) is 5.56 Å². The molecule has 104 valence electrons. The van der Waals surface area contributed by atoms with E-state index in [0.29, 0.717) is 25.7 Å². The lowest BCUT2D eigenvalue weighted by Crippen LogP contribution is -2.42. The van der Waals surface area contributed by atoms with Crippen LogP contribution in [0.5, 0.6) is 5.75 Å². The number of hydrogen-bond donors (Lipinski definition) is 2. The molecule has 0 amide bonds. The van der Waals surface area contributed by atoms with Crippen LogP contribution in [0.4, 0.5) is 0 Å². The van der Waals surface area contributed by atoms with Gasteiger partial charge in [-0.2, -0.15) is 0 Å². The summed E-state index contributed by atoms with van der Waals surface area (Å²) in [7, 11) is 0. The van der Waals surface area contributed by atoms with Crippen LogP contribution in [0, 0.1) is 0 Å². The predicted molar refractivity (Wildman–Crippen MR) is 72.6 cm³/mol. The molecule has 2 aliphatic rings. The molecule has 4 heteroatoms. The first-order valence-electron chi connectivity index (χ1n) is 6.99. The van der Waals surface area contributed by atoms with Crippen molar-refractivity contribution >= 4 is 0 Å². The average Bonchev–Trinajstić information content (AvgIpc) is 2.86. The van der Waals surface area contributed by atoms with Gasteiger partial charge in [-0.3, -0.25) is 0 Å². The first kappa shape index (κ1) is 12.9. The van der Waals surface area contributed by atoms with Crippen molar-refractivity contribution < 1.29 is 14.6 Å². The molecule has 0 saturated carbocycles. The normalized spacial score (nSPS) is 29.8. The van der Waals surface area contributed by atoms with Gasteiger partial charge in [0.15, 0.2) is 0 Å². The molecule has 0 bridgehead atoms. The lowest BCUT2D eigenvalue weighted by Gasteiger charge is -2.28. The quantitative estimate of drug-likeness (QED) is 0.859. The number of para-hydroxylation sites is 1. The SMILES string of the molecule is OC1(CNCC2CCOc3ccccc32)CCOC1. The van der Waals surface area contributed by atoms with Crippen LogP contribution in [0.3, 0.4) is 0 Å². The minimum absolute atomic E-state index is 0.449. The molecular weight excluding hydrogens is 242 g/mol. The van der Waals surface area contributed by atoms with Gasteiger partial charge >= 0.3 is 0 Å². The summed E-state index contributed by atoms with van der Waals surface area (Å²) in [6, 6.07) is 8.22. The van der Waals surface area contributed by atoms with E-state index >= 15 is 0 Å². The maximum absolute atomic E-state index is 10.2. The van der Waals surface area contributed by atoms with Gasteiger partial charge in [-0.05, 0) is 18.1 Å². The summed E-state index contributed by atoms with van der Waals surface area (Å²) in [5, 5.41) is 13.6. The van der Waals surface area contributed by atoms with Gasteiger partial charge in [0.05, 0.1) is 13.2 Å². The third-order valence-electron chi connectivity index (χ3n) is 4.01. The lowest BCUT2D eigenvalue weighted by molar-refractivity contribution is 0.0267. The fourth-order valence-corrected chi connectivity index (χ4v) is 2.84. The third-order valence-corrected chi connectivity index (χ3v) is 4.01. The van der Waals surface area contributed by atoms with Crippen LogP contribution in [-0.2, 0) is 4.74 Å². The lowest BCUT2D eigenvalue weighted by atomic mass is 9.93. The van der Waals surface area contributed by atoms with Crippen LogP contribution in [0.2, 0.25) is 0 Å². The van der Waals surface area contributed by atoms with Crippen molar-refractivity contribution in [3.63, 3.8) is 0 Å². The van der Waals surface area contributed by atoms with E-state index in [2.05, 4.69) is 17.4 Å². The molecule has 0 aliphatic carbocycles. The largest absolute Gasteiger partial charge is 0.493 e. The predicted octanol–water partition coefficient (Wildman–Crippen LogP) is 1.29. The highest BCUT2D eigenvalue weighted by molar-refractivity contribution is 5.37. The molecule has 1 saturated heterocycles. The second-order valence-corrected chi connectivity index (χ2v) is 5.53. The molecule has 2 atom stereocenters. The Hall–Kier alpha value is -1.10. The van der Waals surface area contributed by atoms with Crippen molar-refractivity contribution in [1.29, 1.82) is 0 Å². The minimum atomic E-state index is -0.676. The molecule has 2 aliphatic heterocycles. The maximum Gasteiger partial charge on any atom is 0.122 e. The van der Waals surface area contributed by atoms with Gasteiger partial charge < -0.3 is 19.9 Å². The summed E-state index contributed by atoms with van der Waals surface area (Å²) in [4.78, 5) is 0. The Morgan fingerprint density at radius 3 is 3.05 bits per heavy atom. The summed E-state index contributed by atoms with van der Waals surface area (Å²) >= 11 is 0. The fraction of sp³-hybridized carbons (Fsp3) is 0.600. The molecule has 2 unspecified atom stereocenters. The number of rotatable bonds is 4. The zero-order valence-corrected chi connectivity index (χ0v) is 11.1. The number of nitrogens with one attached hydrogen (secondary N) is 1. The fourth-order valence-electron chi connectivity index (χ4n) is 2.84. The molecule has 2 heterocycles. The van der Waals surface area contributed by atoms with E-state index in [9.17, 15) is 5.11 Å². The van der Waals surface area contributed by atoms with E-state index in [1.54, 1.807) is 0 Å². The van der Waals surface area contributed by atoms with Gasteiger partial charge in [-0.15, -0.1) is 0 Å². The molecule has 0 spiro atoms. The molecule has 0 aromatic heterocycles. The molecule has 1 aromatic carbocycles. The second-order valence-electron chi connectivity index (χ2n) is 5.53. The van der Waals surface area contributed by atoms with Crippen molar-refractivity contribution in [3.8, 4) is 5.75 Å². The number of aliphatic hydroxyl groups is 1. The summed E-state index contributed by atoms with van der Waals surface area (Å²) in [5.74, 6) is 1.47. The zero-order valence-electron chi connectivity index (χ0n) is 11.1. The Labute approximate surface area is 113 Å². The average molecular weight is 263 g/mol. The highest BCUT2D eigenvalue weighted by Gasteiger charge is 2.32. The van der Waals surface area contributed by atoms with Crippen LogP contribution < -0.4 is 10.1 Å². The smallest absolute Gasteiger partial charge is 0.122 e. The molecule has 4 nitrogen and oxygen atoms in total. The van der Waals surface area contributed by atoms with Gasteiger partial charge in [-0.1, -0.05) is 18.2 Å². The van der Waals surface area contributed by atoms with Crippen LogP contribution in [0.15, 0.2) is 24.3 Å². The highest BCUT2D eigenvalue weighted by Crippen LogP contribution is 2.32. The molecule has 19 heavy (non-hydrogen) atoms. The van der Waals surface area contributed by atoms with Crippen LogP contribution in [-0.4, -0.2) is 43.6 Å². The second kappa shape index (κ2) is 5.49. The van der Waals surface area contributed by atoms with Gasteiger partial charge in [-0.25, -0.2) is 0 Å². The standard InChI is InChI=1S/C15H21NO3/c17-15(6-8-18-11-15)10-16-9-12-5-7-19-14-4-2-1-3-13(12)14/h1-4,12,16-17H,5-11H2. The minimum Gasteiger partial charge on any atom is -0.493 e. The summed E-state index contributed by atoms with van der Waals surface area (Å²) in [6.07, 6.45) is 1.75. The van der Waals surface area contributed by atoms with Crippen LogP contribution in [0.25, 0.3) is 0 Å². The Bertz CT molecular complexity index is 429. The van der Waals surface area contributed by atoms with Crippen molar-refractivity contribution in [3.05, 3.63) is 29.8 Å². The number of hydrogen-bond acceptors (Lipinski definition) is 4. The van der Waals surface area contributed by atoms with E-state index in [4.69, 9.17) is 9.47 Å². The van der Waals surface area contributed by atoms with Gasteiger partial charge in [0.1, 0.15) is 11.4 Å². The Balaban J connectivity index is 1.56. The van der Waals surface area contributed by atoms with Gasteiger partial charge in [0, 0.05) is 32.0 Å². The Kier molecular flexibility index (Phi) is 3.73. The van der Waals surface area contributed by atoms with Crippen molar-refractivity contribution in [2.75, 3.05) is 32.9 Å². The highest BCUT2D eigenvalue weighted by atomic mass is 16.5. The molecule has 1 aromatic rings. The van der Waals surface area contributed by atoms with Crippen LogP contribution >= 0.6 is 0 Å². The molecule has 0 radical (unpaired) electrons. The van der Waals surface area contributed by atoms with E-state index < -0.39 is 5.60 Å². The monoisotopic (exact) mass is 263 g/mol. The number of fused-ring (bicyclic) bond motifs is 1. The topological polar surface area (TPSA) is 50.7 Å². The number of ether oxygens (including phenoxy) is 2. The first-order chi connectivity index (χ1) is 9.27. The first-order valence-corrected chi connectivity index (χ1v) is 6.99. The van der Waals surface area contributed by atoms with E-state index in [-0.39, 0.29) is 0 Å². The molecular formula is C15H21NO3. The summed E-state index contributed by atoms with van der Waals surface area (Å²) in [6.45, 7) is 3.37.